The van der Waals surface area contributed by atoms with Crippen molar-refractivity contribution in [3.05, 3.63) is 72.6 Å². The van der Waals surface area contributed by atoms with Gasteiger partial charge in [-0.2, -0.15) is 13.2 Å². The Balaban J connectivity index is 1.85. The smallest absolute Gasteiger partial charge is 0.305 e. The Morgan fingerprint density at radius 3 is 1.71 bits per heavy atom. The van der Waals surface area contributed by atoms with Gasteiger partial charge in [-0.1, -0.05) is 64.1 Å². The number of para-hydroxylation sites is 2. The third-order valence-electron chi connectivity index (χ3n) is 6.58. The topological polar surface area (TPSA) is 32.3 Å². The molecule has 3 aromatic rings. The fraction of sp³-hybridized carbons (Fsp3) is 0.333. The van der Waals surface area contributed by atoms with Gasteiger partial charge in [0.1, 0.15) is 6.67 Å². The molecule has 2 heterocycles. The van der Waals surface area contributed by atoms with Crippen LogP contribution in [0.25, 0.3) is 0 Å². The number of benzene rings is 2. The second kappa shape index (κ2) is 7.25. The predicted octanol–water partition coefficient (Wildman–Crippen LogP) is 6.59. The molecule has 1 aliphatic rings. The van der Waals surface area contributed by atoms with Crippen LogP contribution in [0.3, 0.4) is 0 Å². The van der Waals surface area contributed by atoms with E-state index >= 15 is 0 Å². The van der Waals surface area contributed by atoms with Gasteiger partial charge in [-0.3, -0.25) is 0 Å². The zero-order valence-corrected chi connectivity index (χ0v) is 18.0. The third kappa shape index (κ3) is 3.42. The van der Waals surface area contributed by atoms with Crippen molar-refractivity contribution in [2.75, 3.05) is 16.5 Å². The van der Waals surface area contributed by atoms with Crippen LogP contribution in [0.15, 0.2) is 66.9 Å². The molecule has 0 N–H and O–H groups in total. The molecule has 2 aromatic carbocycles. The number of halogens is 3. The normalized spacial score (nSPS) is 14.7. The fourth-order valence-corrected chi connectivity index (χ4v) is 3.62. The van der Waals surface area contributed by atoms with E-state index in [4.69, 9.17) is 4.98 Å². The molecule has 31 heavy (non-hydrogen) atoms. The second-order valence-corrected chi connectivity index (χ2v) is 8.82. The highest BCUT2D eigenvalue weighted by Crippen LogP contribution is 2.52. The van der Waals surface area contributed by atoms with Gasteiger partial charge in [-0.15, -0.1) is 0 Å². The van der Waals surface area contributed by atoms with Gasteiger partial charge in [-0.25, -0.2) is 9.97 Å². The van der Waals surface area contributed by atoms with Gasteiger partial charge in [-0.05, 0) is 24.3 Å². The molecule has 0 atom stereocenters. The molecular weight excluding hydrogens is 401 g/mol. The highest BCUT2D eigenvalue weighted by Gasteiger charge is 2.57. The first-order valence-electron chi connectivity index (χ1n) is 10.1. The maximum atomic E-state index is 13.8. The number of aromatic nitrogens is 2. The Bertz CT molecular complexity index is 1060. The van der Waals surface area contributed by atoms with E-state index in [1.165, 1.54) is 20.0 Å². The molecular formula is C24H25F3N4. The first kappa shape index (κ1) is 21.2. The van der Waals surface area contributed by atoms with E-state index in [0.29, 0.717) is 24.0 Å². The first-order chi connectivity index (χ1) is 14.5. The van der Waals surface area contributed by atoms with Gasteiger partial charge in [0.25, 0.3) is 0 Å². The van der Waals surface area contributed by atoms with Crippen LogP contribution in [-0.2, 0) is 5.41 Å². The monoisotopic (exact) mass is 426 g/mol. The molecule has 1 aromatic heterocycles. The van der Waals surface area contributed by atoms with E-state index in [1.807, 2.05) is 70.5 Å². The minimum Gasteiger partial charge on any atom is -0.305 e. The van der Waals surface area contributed by atoms with Crippen molar-refractivity contribution in [3.63, 3.8) is 0 Å². The SMILES string of the molecule is CC(C)(c1cnc2c(n1)N(c1ccccc1)CN2c1ccccc1)C(C)(C)C(F)(F)F. The average Bonchev–Trinajstić information content (AvgIpc) is 3.13. The Labute approximate surface area is 180 Å². The van der Waals surface area contributed by atoms with Crippen LogP contribution in [-0.4, -0.2) is 22.8 Å². The molecule has 0 fully saturated rings. The molecule has 0 saturated carbocycles. The number of hydrogen-bond acceptors (Lipinski definition) is 4. The summed E-state index contributed by atoms with van der Waals surface area (Å²) < 4.78 is 41.5. The molecule has 4 nitrogen and oxygen atoms in total. The summed E-state index contributed by atoms with van der Waals surface area (Å²) in [5.41, 5.74) is -1.11. The molecule has 0 unspecified atom stereocenters. The van der Waals surface area contributed by atoms with Crippen molar-refractivity contribution in [2.45, 2.75) is 39.3 Å². The highest BCUT2D eigenvalue weighted by atomic mass is 19.4. The van der Waals surface area contributed by atoms with Crippen LogP contribution in [0.5, 0.6) is 0 Å². The first-order valence-corrected chi connectivity index (χ1v) is 10.1. The van der Waals surface area contributed by atoms with Crippen LogP contribution in [0.2, 0.25) is 0 Å². The molecule has 0 radical (unpaired) electrons. The minimum atomic E-state index is -4.38. The zero-order valence-electron chi connectivity index (χ0n) is 18.0. The molecule has 0 aliphatic carbocycles. The lowest BCUT2D eigenvalue weighted by molar-refractivity contribution is -0.232. The lowest BCUT2D eigenvalue weighted by atomic mass is 9.65. The average molecular weight is 426 g/mol. The van der Waals surface area contributed by atoms with Gasteiger partial charge < -0.3 is 9.80 Å². The zero-order chi connectivity index (χ0) is 22.4. The van der Waals surface area contributed by atoms with E-state index < -0.39 is 17.0 Å². The largest absolute Gasteiger partial charge is 0.394 e. The number of nitrogens with zero attached hydrogens (tertiary/aromatic N) is 4. The standard InChI is InChI=1S/C24H25F3N4/c1-22(2,23(3,4)24(25,26)27)19-15-28-20-21(29-19)31(18-13-9-6-10-14-18)16-30(20)17-11-7-5-8-12-17/h5-15H,16H2,1-4H3. The maximum absolute atomic E-state index is 13.8. The summed E-state index contributed by atoms with van der Waals surface area (Å²) in [4.78, 5) is 13.4. The Morgan fingerprint density at radius 2 is 1.23 bits per heavy atom. The summed E-state index contributed by atoms with van der Waals surface area (Å²) in [5, 5.41) is 0. The van der Waals surface area contributed by atoms with Gasteiger partial charge in [0.15, 0.2) is 11.6 Å². The van der Waals surface area contributed by atoms with Gasteiger partial charge in [0.05, 0.1) is 17.3 Å². The van der Waals surface area contributed by atoms with Crippen LogP contribution < -0.4 is 9.80 Å². The molecule has 0 spiro atoms. The molecule has 0 bridgehead atoms. The van der Waals surface area contributed by atoms with Crippen LogP contribution >= 0.6 is 0 Å². The van der Waals surface area contributed by atoms with Gasteiger partial charge >= 0.3 is 6.18 Å². The van der Waals surface area contributed by atoms with Crippen molar-refractivity contribution in [1.82, 2.24) is 9.97 Å². The van der Waals surface area contributed by atoms with E-state index in [1.54, 1.807) is 13.8 Å². The molecule has 7 heteroatoms. The summed E-state index contributed by atoms with van der Waals surface area (Å²) in [6, 6.07) is 19.5. The summed E-state index contributed by atoms with van der Waals surface area (Å²) >= 11 is 0. The van der Waals surface area contributed by atoms with E-state index in [0.717, 1.165) is 11.4 Å². The molecule has 0 saturated heterocycles. The summed E-state index contributed by atoms with van der Waals surface area (Å²) in [6.07, 6.45) is -2.90. The Hall–Kier alpha value is -3.09. The van der Waals surface area contributed by atoms with Crippen molar-refractivity contribution >= 4 is 23.0 Å². The fourth-order valence-electron chi connectivity index (χ4n) is 3.62. The quantitative estimate of drug-likeness (QED) is 0.471. The molecule has 4 rings (SSSR count). The minimum absolute atomic E-state index is 0.310. The maximum Gasteiger partial charge on any atom is 0.394 e. The predicted molar refractivity (Wildman–Crippen MR) is 117 cm³/mol. The van der Waals surface area contributed by atoms with E-state index in [2.05, 4.69) is 4.98 Å². The van der Waals surface area contributed by atoms with Crippen LogP contribution in [0.4, 0.5) is 36.2 Å². The van der Waals surface area contributed by atoms with Crippen LogP contribution in [0.1, 0.15) is 33.4 Å². The number of hydrogen-bond donors (Lipinski definition) is 0. The molecule has 162 valence electrons. The Kier molecular flexibility index (Phi) is 4.95. The van der Waals surface area contributed by atoms with Crippen molar-refractivity contribution < 1.29 is 13.2 Å². The van der Waals surface area contributed by atoms with Gasteiger partial charge in [0, 0.05) is 16.8 Å². The lowest BCUT2D eigenvalue weighted by Gasteiger charge is -2.42. The third-order valence-corrected chi connectivity index (χ3v) is 6.58. The van der Waals surface area contributed by atoms with Crippen molar-refractivity contribution in [2.24, 2.45) is 5.41 Å². The van der Waals surface area contributed by atoms with Gasteiger partial charge in [0.2, 0.25) is 0 Å². The molecule has 1 aliphatic heterocycles. The number of fused-ring (bicyclic) bond motifs is 1. The van der Waals surface area contributed by atoms with Crippen LogP contribution in [0, 0.1) is 5.41 Å². The molecule has 0 amide bonds. The number of rotatable bonds is 4. The summed E-state index contributed by atoms with van der Waals surface area (Å²) in [6.45, 7) is 6.05. The number of alkyl halides is 3. The van der Waals surface area contributed by atoms with E-state index in [9.17, 15) is 13.2 Å². The van der Waals surface area contributed by atoms with Crippen molar-refractivity contribution in [1.29, 1.82) is 0 Å². The lowest BCUT2D eigenvalue weighted by Crippen LogP contribution is -2.48. The number of anilines is 4. The highest BCUT2D eigenvalue weighted by molar-refractivity contribution is 5.81. The van der Waals surface area contributed by atoms with Crippen molar-refractivity contribution in [3.8, 4) is 0 Å². The Morgan fingerprint density at radius 1 is 0.742 bits per heavy atom. The summed E-state index contributed by atoms with van der Waals surface area (Å²) in [5.74, 6) is 1.18. The second-order valence-electron chi connectivity index (χ2n) is 8.82. The summed E-state index contributed by atoms with van der Waals surface area (Å²) in [7, 11) is 0. The van der Waals surface area contributed by atoms with E-state index in [-0.39, 0.29) is 0 Å².